The molecule has 0 saturated heterocycles. The van der Waals surface area contributed by atoms with Gasteiger partial charge in [-0.2, -0.15) is 5.10 Å². The van der Waals surface area contributed by atoms with E-state index in [2.05, 4.69) is 46.7 Å². The van der Waals surface area contributed by atoms with Gasteiger partial charge in [-0.3, -0.25) is 14.5 Å². The fourth-order valence-electron chi connectivity index (χ4n) is 4.52. The lowest BCUT2D eigenvalue weighted by molar-refractivity contribution is -0.122. The minimum atomic E-state index is -0.0645. The number of H-pyrrole nitrogens is 1. The molecule has 5 nitrogen and oxygen atoms in total. The number of hydrogen-bond acceptors (Lipinski definition) is 3. The van der Waals surface area contributed by atoms with E-state index in [1.54, 1.807) is 16.7 Å². The summed E-state index contributed by atoms with van der Waals surface area (Å²) in [4.78, 5) is 12.9. The van der Waals surface area contributed by atoms with Crippen LogP contribution in [0.1, 0.15) is 43.2 Å². The van der Waals surface area contributed by atoms with Crippen molar-refractivity contribution in [3.05, 3.63) is 69.5 Å². The number of nitrogens with one attached hydrogen (secondary N) is 2. The maximum Gasteiger partial charge on any atom is 0.240 e. The molecule has 0 unspecified atom stereocenters. The first kappa shape index (κ1) is 21.8. The van der Waals surface area contributed by atoms with Gasteiger partial charge in [0.1, 0.15) is 6.54 Å². The van der Waals surface area contributed by atoms with Crippen LogP contribution in [0.15, 0.2) is 48.5 Å². The molecule has 2 aromatic carbocycles. The van der Waals surface area contributed by atoms with Gasteiger partial charge in [-0.15, -0.1) is 0 Å². The van der Waals surface area contributed by atoms with Gasteiger partial charge in [-0.25, -0.2) is 0 Å². The SMILES string of the molecule is Cc1cccc(C2(CNC(=O)Cn3c(-c4ccc(Cl)cc4)n[nH]c3=S)CCCCC2)c1. The Labute approximate surface area is 192 Å². The van der Waals surface area contributed by atoms with Crippen molar-refractivity contribution in [1.29, 1.82) is 0 Å². The van der Waals surface area contributed by atoms with Crippen molar-refractivity contribution >= 4 is 29.7 Å². The maximum atomic E-state index is 12.9. The topological polar surface area (TPSA) is 62.7 Å². The Bertz CT molecular complexity index is 1110. The van der Waals surface area contributed by atoms with Crippen molar-refractivity contribution < 1.29 is 4.79 Å². The third-order valence-electron chi connectivity index (χ3n) is 6.23. The van der Waals surface area contributed by atoms with Gasteiger partial charge in [0, 0.05) is 22.5 Å². The monoisotopic (exact) mass is 454 g/mol. The Morgan fingerprint density at radius 2 is 1.94 bits per heavy atom. The van der Waals surface area contributed by atoms with Crippen LogP contribution in [0.4, 0.5) is 0 Å². The summed E-state index contributed by atoms with van der Waals surface area (Å²) < 4.78 is 2.15. The summed E-state index contributed by atoms with van der Waals surface area (Å²) in [5, 5.41) is 11.0. The summed E-state index contributed by atoms with van der Waals surface area (Å²) in [6.07, 6.45) is 5.83. The number of aryl methyl sites for hydroxylation is 1. The highest BCUT2D eigenvalue weighted by atomic mass is 35.5. The average Bonchev–Trinajstić information content (AvgIpc) is 3.13. The lowest BCUT2D eigenvalue weighted by Crippen LogP contribution is -2.43. The number of aromatic nitrogens is 3. The van der Waals surface area contributed by atoms with E-state index >= 15 is 0 Å². The number of halogens is 1. The molecule has 1 saturated carbocycles. The molecule has 7 heteroatoms. The van der Waals surface area contributed by atoms with E-state index in [9.17, 15) is 4.79 Å². The van der Waals surface area contributed by atoms with E-state index in [1.165, 1.54) is 30.4 Å². The van der Waals surface area contributed by atoms with E-state index in [-0.39, 0.29) is 17.9 Å². The third kappa shape index (κ3) is 4.91. The smallest absolute Gasteiger partial charge is 0.240 e. The van der Waals surface area contributed by atoms with Crippen LogP contribution in [0, 0.1) is 11.7 Å². The predicted molar refractivity (Wildman–Crippen MR) is 127 cm³/mol. The molecule has 2 N–H and O–H groups in total. The summed E-state index contributed by atoms with van der Waals surface area (Å²) >= 11 is 11.4. The molecule has 1 aliphatic rings. The number of carbonyl (C=O) groups is 1. The zero-order valence-corrected chi connectivity index (χ0v) is 19.2. The summed E-state index contributed by atoms with van der Waals surface area (Å²) in [6, 6.07) is 16.1. The number of rotatable bonds is 6. The van der Waals surface area contributed by atoms with Crippen molar-refractivity contribution in [1.82, 2.24) is 20.1 Å². The lowest BCUT2D eigenvalue weighted by atomic mass is 9.69. The largest absolute Gasteiger partial charge is 0.354 e. The Kier molecular flexibility index (Phi) is 6.58. The van der Waals surface area contributed by atoms with E-state index in [1.807, 2.05) is 12.1 Å². The first-order chi connectivity index (χ1) is 15.0. The first-order valence-corrected chi connectivity index (χ1v) is 11.5. The fraction of sp³-hybridized carbons (Fsp3) is 0.375. The molecular weight excluding hydrogens is 428 g/mol. The van der Waals surface area contributed by atoms with Gasteiger partial charge in [0.15, 0.2) is 10.6 Å². The molecule has 0 aliphatic heterocycles. The van der Waals surface area contributed by atoms with Gasteiger partial charge in [0.25, 0.3) is 0 Å². The van der Waals surface area contributed by atoms with Gasteiger partial charge in [0.2, 0.25) is 5.91 Å². The Morgan fingerprint density at radius 1 is 1.19 bits per heavy atom. The van der Waals surface area contributed by atoms with Crippen molar-refractivity contribution in [2.45, 2.75) is 51.0 Å². The van der Waals surface area contributed by atoms with Crippen molar-refractivity contribution in [3.63, 3.8) is 0 Å². The molecule has 1 fully saturated rings. The molecule has 162 valence electrons. The molecule has 3 aromatic rings. The summed E-state index contributed by atoms with van der Waals surface area (Å²) in [6.45, 7) is 2.88. The zero-order chi connectivity index (χ0) is 21.8. The van der Waals surface area contributed by atoms with Crippen molar-refractivity contribution in [2.24, 2.45) is 0 Å². The Morgan fingerprint density at radius 3 is 2.65 bits per heavy atom. The molecule has 0 spiro atoms. The summed E-state index contributed by atoms with van der Waals surface area (Å²) in [7, 11) is 0. The molecule has 1 aliphatic carbocycles. The summed E-state index contributed by atoms with van der Waals surface area (Å²) in [5.41, 5.74) is 3.44. The molecule has 1 aromatic heterocycles. The van der Waals surface area contributed by atoms with Crippen molar-refractivity contribution in [3.8, 4) is 11.4 Å². The maximum absolute atomic E-state index is 12.9. The summed E-state index contributed by atoms with van der Waals surface area (Å²) in [5.74, 6) is 0.563. The van der Waals surface area contributed by atoms with Gasteiger partial charge >= 0.3 is 0 Å². The van der Waals surface area contributed by atoms with E-state index in [4.69, 9.17) is 23.8 Å². The van der Waals surface area contributed by atoms with Gasteiger partial charge in [0.05, 0.1) is 0 Å². The second kappa shape index (κ2) is 9.37. The van der Waals surface area contributed by atoms with E-state index < -0.39 is 0 Å². The molecule has 1 amide bonds. The van der Waals surface area contributed by atoms with Crippen LogP contribution in [-0.2, 0) is 16.8 Å². The van der Waals surface area contributed by atoms with Crippen LogP contribution in [0.25, 0.3) is 11.4 Å². The second-order valence-electron chi connectivity index (χ2n) is 8.43. The molecule has 1 heterocycles. The predicted octanol–water partition coefficient (Wildman–Crippen LogP) is 5.59. The Hall–Kier alpha value is -2.44. The van der Waals surface area contributed by atoms with E-state index in [0.29, 0.717) is 22.2 Å². The molecular formula is C24H27ClN4OS. The van der Waals surface area contributed by atoms with Crippen LogP contribution in [-0.4, -0.2) is 27.2 Å². The molecule has 0 radical (unpaired) electrons. The van der Waals surface area contributed by atoms with Crippen LogP contribution < -0.4 is 5.32 Å². The standard InChI is InChI=1S/C24H27ClN4OS/c1-17-6-5-7-19(14-17)24(12-3-2-4-13-24)16-26-21(30)15-29-22(27-28-23(29)31)18-8-10-20(25)11-9-18/h5-11,14H,2-4,12-13,15-16H2,1H3,(H,26,30)(H,28,31). The fourth-order valence-corrected chi connectivity index (χ4v) is 4.84. The normalized spacial score (nSPS) is 15.5. The number of hydrogen-bond donors (Lipinski definition) is 2. The van der Waals surface area contributed by atoms with Crippen LogP contribution in [0.5, 0.6) is 0 Å². The number of aromatic amines is 1. The zero-order valence-electron chi connectivity index (χ0n) is 17.7. The number of amides is 1. The molecule has 4 rings (SSSR count). The van der Waals surface area contributed by atoms with Crippen LogP contribution in [0.3, 0.4) is 0 Å². The highest BCUT2D eigenvalue weighted by molar-refractivity contribution is 7.71. The lowest BCUT2D eigenvalue weighted by Gasteiger charge is -2.38. The number of carbonyl (C=O) groups excluding carboxylic acids is 1. The highest BCUT2D eigenvalue weighted by Gasteiger charge is 2.34. The molecule has 0 bridgehead atoms. The van der Waals surface area contributed by atoms with Gasteiger partial charge < -0.3 is 5.32 Å². The third-order valence-corrected chi connectivity index (χ3v) is 6.79. The van der Waals surface area contributed by atoms with Crippen LogP contribution >= 0.6 is 23.8 Å². The number of benzene rings is 2. The Balaban J connectivity index is 1.51. The van der Waals surface area contributed by atoms with Gasteiger partial charge in [-0.1, -0.05) is 60.7 Å². The van der Waals surface area contributed by atoms with Gasteiger partial charge in [-0.05, 0) is 61.8 Å². The highest BCUT2D eigenvalue weighted by Crippen LogP contribution is 2.39. The minimum absolute atomic E-state index is 0.00318. The van der Waals surface area contributed by atoms with Crippen molar-refractivity contribution in [2.75, 3.05) is 6.54 Å². The molecule has 31 heavy (non-hydrogen) atoms. The second-order valence-corrected chi connectivity index (χ2v) is 9.26. The van der Waals surface area contributed by atoms with Crippen LogP contribution in [0.2, 0.25) is 5.02 Å². The quantitative estimate of drug-likeness (QED) is 0.477. The average molecular weight is 455 g/mol. The minimum Gasteiger partial charge on any atom is -0.354 e. The van der Waals surface area contributed by atoms with E-state index in [0.717, 1.165) is 18.4 Å². The molecule has 0 atom stereocenters. The number of nitrogens with zero attached hydrogens (tertiary/aromatic N) is 2. The first-order valence-electron chi connectivity index (χ1n) is 10.7.